The average molecular weight is 431 g/mol. The number of rotatable bonds is 9. The summed E-state index contributed by atoms with van der Waals surface area (Å²) in [5.41, 5.74) is 1.05. The standard InChI is InChI=1S/C23H30N2O4S/c1-3-29-20-8-6-17(15-21(20)28-2)7-9-23(27)25-12-10-18(11-13-25)24-22(26)16-19-5-4-14-30-19/h4-6,8,14-15,18H,3,7,9-13,16H2,1-2H3,(H,24,26). The average Bonchev–Trinajstić information content (AvgIpc) is 3.26. The number of thiophene rings is 1. The molecule has 3 rings (SSSR count). The predicted octanol–water partition coefficient (Wildman–Crippen LogP) is 3.44. The molecule has 2 heterocycles. The number of carbonyl (C=O) groups is 2. The van der Waals surface area contributed by atoms with Crippen LogP contribution in [-0.2, 0) is 22.4 Å². The van der Waals surface area contributed by atoms with Crippen molar-refractivity contribution in [2.75, 3.05) is 26.8 Å². The molecular formula is C23H30N2O4S. The minimum atomic E-state index is 0.0617. The van der Waals surface area contributed by atoms with E-state index in [9.17, 15) is 9.59 Å². The predicted molar refractivity (Wildman–Crippen MR) is 118 cm³/mol. The van der Waals surface area contributed by atoms with E-state index in [-0.39, 0.29) is 17.9 Å². The van der Waals surface area contributed by atoms with Gasteiger partial charge in [0.2, 0.25) is 11.8 Å². The molecule has 0 atom stereocenters. The lowest BCUT2D eigenvalue weighted by Gasteiger charge is -2.32. The number of ether oxygens (including phenoxy) is 2. The number of nitrogens with one attached hydrogen (secondary N) is 1. The van der Waals surface area contributed by atoms with Crippen molar-refractivity contribution in [3.63, 3.8) is 0 Å². The zero-order valence-corrected chi connectivity index (χ0v) is 18.5. The van der Waals surface area contributed by atoms with Crippen LogP contribution in [0.1, 0.15) is 36.6 Å². The molecule has 0 radical (unpaired) electrons. The van der Waals surface area contributed by atoms with E-state index >= 15 is 0 Å². The van der Waals surface area contributed by atoms with Crippen molar-refractivity contribution in [2.45, 2.75) is 45.1 Å². The Bertz CT molecular complexity index is 830. The van der Waals surface area contributed by atoms with Gasteiger partial charge in [-0.2, -0.15) is 0 Å². The zero-order valence-electron chi connectivity index (χ0n) is 17.7. The molecule has 1 aromatic carbocycles. The third-order valence-electron chi connectivity index (χ3n) is 5.28. The molecule has 1 aliphatic heterocycles. The van der Waals surface area contributed by atoms with Crippen molar-refractivity contribution < 1.29 is 19.1 Å². The van der Waals surface area contributed by atoms with Crippen LogP contribution in [0.4, 0.5) is 0 Å². The van der Waals surface area contributed by atoms with Gasteiger partial charge in [0.25, 0.3) is 0 Å². The van der Waals surface area contributed by atoms with Gasteiger partial charge in [-0.1, -0.05) is 12.1 Å². The number of piperidine rings is 1. The Hall–Kier alpha value is -2.54. The topological polar surface area (TPSA) is 67.9 Å². The van der Waals surface area contributed by atoms with Gasteiger partial charge in [-0.05, 0) is 55.3 Å². The molecule has 0 aliphatic carbocycles. The van der Waals surface area contributed by atoms with Crippen LogP contribution in [0.3, 0.4) is 0 Å². The number of aryl methyl sites for hydroxylation is 1. The van der Waals surface area contributed by atoms with Gasteiger partial charge >= 0.3 is 0 Å². The number of amides is 2. The maximum Gasteiger partial charge on any atom is 0.225 e. The van der Waals surface area contributed by atoms with Crippen LogP contribution in [0, 0.1) is 0 Å². The summed E-state index contributed by atoms with van der Waals surface area (Å²) in [7, 11) is 1.62. The summed E-state index contributed by atoms with van der Waals surface area (Å²) in [4.78, 5) is 27.8. The number of likely N-dealkylation sites (tertiary alicyclic amines) is 1. The first-order valence-electron chi connectivity index (χ1n) is 10.5. The highest BCUT2D eigenvalue weighted by molar-refractivity contribution is 7.10. The maximum absolute atomic E-state index is 12.6. The molecule has 1 fully saturated rings. The fourth-order valence-corrected chi connectivity index (χ4v) is 4.38. The smallest absolute Gasteiger partial charge is 0.225 e. The van der Waals surface area contributed by atoms with Crippen LogP contribution in [0.5, 0.6) is 11.5 Å². The van der Waals surface area contributed by atoms with Gasteiger partial charge in [0.05, 0.1) is 20.1 Å². The minimum Gasteiger partial charge on any atom is -0.493 e. The van der Waals surface area contributed by atoms with Crippen LogP contribution in [0.15, 0.2) is 35.7 Å². The third kappa shape index (κ3) is 6.23. The zero-order chi connectivity index (χ0) is 21.3. The fourth-order valence-electron chi connectivity index (χ4n) is 3.67. The number of methoxy groups -OCH3 is 1. The van der Waals surface area contributed by atoms with Crippen LogP contribution >= 0.6 is 11.3 Å². The minimum absolute atomic E-state index is 0.0617. The van der Waals surface area contributed by atoms with Gasteiger partial charge in [-0.25, -0.2) is 0 Å². The summed E-state index contributed by atoms with van der Waals surface area (Å²) >= 11 is 1.60. The maximum atomic E-state index is 12.6. The van der Waals surface area contributed by atoms with Gasteiger partial charge in [-0.15, -0.1) is 11.3 Å². The SMILES string of the molecule is CCOc1ccc(CCC(=O)N2CCC(NC(=O)Cc3cccs3)CC2)cc1OC. The number of nitrogens with zero attached hydrogens (tertiary/aromatic N) is 1. The lowest BCUT2D eigenvalue weighted by Crippen LogP contribution is -2.46. The Labute approximate surface area is 182 Å². The first-order valence-corrected chi connectivity index (χ1v) is 11.4. The van der Waals surface area contributed by atoms with E-state index < -0.39 is 0 Å². The molecule has 1 N–H and O–H groups in total. The molecule has 0 spiro atoms. The first-order chi connectivity index (χ1) is 14.6. The second-order valence-corrected chi connectivity index (χ2v) is 8.43. The van der Waals surface area contributed by atoms with Crippen LogP contribution in [-0.4, -0.2) is 49.6 Å². The highest BCUT2D eigenvalue weighted by Gasteiger charge is 2.23. The van der Waals surface area contributed by atoms with Gasteiger partial charge < -0.3 is 19.7 Å². The van der Waals surface area contributed by atoms with E-state index in [1.54, 1.807) is 18.4 Å². The van der Waals surface area contributed by atoms with Crippen LogP contribution in [0.2, 0.25) is 0 Å². The molecule has 0 unspecified atom stereocenters. The number of hydrogen-bond donors (Lipinski definition) is 1. The van der Waals surface area contributed by atoms with E-state index in [1.165, 1.54) is 0 Å². The molecule has 162 valence electrons. The molecule has 0 bridgehead atoms. The molecule has 1 saturated heterocycles. The molecule has 2 aromatic rings. The highest BCUT2D eigenvalue weighted by atomic mass is 32.1. The van der Waals surface area contributed by atoms with Crippen molar-refractivity contribution in [1.29, 1.82) is 0 Å². The summed E-state index contributed by atoms with van der Waals surface area (Å²) in [5, 5.41) is 5.09. The fraction of sp³-hybridized carbons (Fsp3) is 0.478. The summed E-state index contributed by atoms with van der Waals surface area (Å²) in [6.07, 6.45) is 3.17. The van der Waals surface area contributed by atoms with Gasteiger partial charge in [0.1, 0.15) is 0 Å². The van der Waals surface area contributed by atoms with Gasteiger partial charge in [0.15, 0.2) is 11.5 Å². The Morgan fingerprint density at radius 3 is 2.67 bits per heavy atom. The second-order valence-electron chi connectivity index (χ2n) is 7.40. The van der Waals surface area contributed by atoms with Crippen LogP contribution in [0.25, 0.3) is 0 Å². The second kappa shape index (κ2) is 11.0. The summed E-state index contributed by atoms with van der Waals surface area (Å²) in [6, 6.07) is 9.90. The number of carbonyl (C=O) groups excluding carboxylic acids is 2. The number of benzene rings is 1. The van der Waals surface area contributed by atoms with E-state index in [1.807, 2.05) is 47.5 Å². The van der Waals surface area contributed by atoms with E-state index in [0.29, 0.717) is 44.7 Å². The molecule has 30 heavy (non-hydrogen) atoms. The molecule has 1 aromatic heterocycles. The van der Waals surface area contributed by atoms with Crippen LogP contribution < -0.4 is 14.8 Å². The molecule has 2 amide bonds. The van der Waals surface area contributed by atoms with Crippen molar-refractivity contribution >= 4 is 23.2 Å². The molecule has 0 saturated carbocycles. The summed E-state index contributed by atoms with van der Waals surface area (Å²) < 4.78 is 10.9. The lowest BCUT2D eigenvalue weighted by atomic mass is 10.0. The first kappa shape index (κ1) is 22.2. The molecule has 7 heteroatoms. The highest BCUT2D eigenvalue weighted by Crippen LogP contribution is 2.28. The third-order valence-corrected chi connectivity index (χ3v) is 6.16. The quantitative estimate of drug-likeness (QED) is 0.662. The molecule has 6 nitrogen and oxygen atoms in total. The lowest BCUT2D eigenvalue weighted by molar-refractivity contribution is -0.132. The van der Waals surface area contributed by atoms with Crippen molar-refractivity contribution in [3.8, 4) is 11.5 Å². The van der Waals surface area contributed by atoms with Gasteiger partial charge in [0, 0.05) is 30.4 Å². The monoisotopic (exact) mass is 430 g/mol. The summed E-state index contributed by atoms with van der Waals surface area (Å²) in [6.45, 7) is 3.90. The van der Waals surface area contributed by atoms with E-state index in [4.69, 9.17) is 9.47 Å². The Kier molecular flexibility index (Phi) is 8.13. The van der Waals surface area contributed by atoms with Gasteiger partial charge in [-0.3, -0.25) is 9.59 Å². The van der Waals surface area contributed by atoms with E-state index in [0.717, 1.165) is 29.0 Å². The Morgan fingerprint density at radius 1 is 1.20 bits per heavy atom. The summed E-state index contributed by atoms with van der Waals surface area (Å²) in [5.74, 6) is 1.64. The Balaban J connectivity index is 1.41. The van der Waals surface area contributed by atoms with Crippen molar-refractivity contribution in [3.05, 3.63) is 46.2 Å². The molecule has 1 aliphatic rings. The van der Waals surface area contributed by atoms with Crippen molar-refractivity contribution in [1.82, 2.24) is 10.2 Å². The van der Waals surface area contributed by atoms with E-state index in [2.05, 4.69) is 5.32 Å². The normalized spacial score (nSPS) is 14.4. The number of hydrogen-bond acceptors (Lipinski definition) is 5. The Morgan fingerprint density at radius 2 is 2.00 bits per heavy atom. The van der Waals surface area contributed by atoms with Crippen molar-refractivity contribution in [2.24, 2.45) is 0 Å². The largest absolute Gasteiger partial charge is 0.493 e. The molecular weight excluding hydrogens is 400 g/mol.